The third-order valence-electron chi connectivity index (χ3n) is 3.23. The second kappa shape index (κ2) is 10.6. The number of esters is 1. The first kappa shape index (κ1) is 19.1. The summed E-state index contributed by atoms with van der Waals surface area (Å²) in [6, 6.07) is 16.8. The fraction of sp³-hybridized carbons (Fsp3) is 0.200. The van der Waals surface area contributed by atoms with Crippen LogP contribution in [-0.4, -0.2) is 19.0 Å². The third kappa shape index (κ3) is 6.68. The van der Waals surface area contributed by atoms with Gasteiger partial charge in [-0.3, -0.25) is 0 Å². The van der Waals surface area contributed by atoms with Crippen molar-refractivity contribution in [3.05, 3.63) is 78.1 Å². The summed E-state index contributed by atoms with van der Waals surface area (Å²) in [7, 11) is 1.45. The number of rotatable bonds is 8. The van der Waals surface area contributed by atoms with Crippen LogP contribution >= 0.6 is 0 Å². The van der Waals surface area contributed by atoms with E-state index in [2.05, 4.69) is 5.16 Å². The Morgan fingerprint density at radius 1 is 1.04 bits per heavy atom. The molecule has 2 rings (SSSR count). The second-order valence-electron chi connectivity index (χ2n) is 5.23. The van der Waals surface area contributed by atoms with Gasteiger partial charge in [0, 0.05) is 12.5 Å². The summed E-state index contributed by atoms with van der Waals surface area (Å²) in [4.78, 5) is 16.9. The SMILES string of the molecule is COC=CC(=O)Oc1ccccc1COC(C)=NOCc1ccccc1. The normalized spacial score (nSPS) is 11.2. The summed E-state index contributed by atoms with van der Waals surface area (Å²) >= 11 is 0. The van der Waals surface area contributed by atoms with Crippen LogP contribution in [0, 0.1) is 0 Å². The Balaban J connectivity index is 1.87. The van der Waals surface area contributed by atoms with Crippen molar-refractivity contribution < 1.29 is 23.8 Å². The molecule has 2 aromatic rings. The van der Waals surface area contributed by atoms with E-state index in [1.165, 1.54) is 19.4 Å². The van der Waals surface area contributed by atoms with E-state index in [1.54, 1.807) is 25.1 Å². The molecule has 26 heavy (non-hydrogen) atoms. The maximum absolute atomic E-state index is 11.7. The lowest BCUT2D eigenvalue weighted by Crippen LogP contribution is -2.08. The molecule has 0 atom stereocenters. The molecule has 0 aromatic heterocycles. The van der Waals surface area contributed by atoms with Crippen molar-refractivity contribution in [2.45, 2.75) is 20.1 Å². The largest absolute Gasteiger partial charge is 0.504 e. The smallest absolute Gasteiger partial charge is 0.339 e. The molecule has 0 amide bonds. The van der Waals surface area contributed by atoms with Gasteiger partial charge in [-0.25, -0.2) is 4.79 Å². The zero-order valence-corrected chi connectivity index (χ0v) is 14.8. The van der Waals surface area contributed by atoms with E-state index in [0.29, 0.717) is 23.8 Å². The third-order valence-corrected chi connectivity index (χ3v) is 3.23. The van der Waals surface area contributed by atoms with Crippen LogP contribution in [0.1, 0.15) is 18.1 Å². The number of ether oxygens (including phenoxy) is 3. The fourth-order valence-electron chi connectivity index (χ4n) is 1.97. The molecule has 6 nitrogen and oxygen atoms in total. The highest BCUT2D eigenvalue weighted by Gasteiger charge is 2.08. The van der Waals surface area contributed by atoms with Crippen molar-refractivity contribution in [1.82, 2.24) is 0 Å². The number of carbonyl (C=O) groups excluding carboxylic acids is 1. The van der Waals surface area contributed by atoms with Gasteiger partial charge in [0.2, 0.25) is 5.90 Å². The summed E-state index contributed by atoms with van der Waals surface area (Å²) in [5, 5.41) is 3.92. The number of methoxy groups -OCH3 is 1. The maximum atomic E-state index is 11.7. The monoisotopic (exact) mass is 355 g/mol. The molecule has 0 heterocycles. The molecule has 0 radical (unpaired) electrons. The van der Waals surface area contributed by atoms with Crippen LogP contribution in [0.25, 0.3) is 0 Å². The van der Waals surface area contributed by atoms with E-state index in [-0.39, 0.29) is 6.61 Å². The average Bonchev–Trinajstić information content (AvgIpc) is 2.66. The van der Waals surface area contributed by atoms with Gasteiger partial charge in [-0.1, -0.05) is 53.7 Å². The van der Waals surface area contributed by atoms with Crippen molar-refractivity contribution in [3.63, 3.8) is 0 Å². The van der Waals surface area contributed by atoms with Crippen LogP contribution in [0.4, 0.5) is 0 Å². The second-order valence-corrected chi connectivity index (χ2v) is 5.23. The van der Waals surface area contributed by atoms with Crippen LogP contribution in [0.3, 0.4) is 0 Å². The van der Waals surface area contributed by atoms with Gasteiger partial charge in [-0.05, 0) is 11.6 Å². The molecule has 0 fully saturated rings. The molecule has 0 saturated carbocycles. The van der Waals surface area contributed by atoms with Crippen molar-refractivity contribution in [1.29, 1.82) is 0 Å². The Kier molecular flexibility index (Phi) is 7.74. The van der Waals surface area contributed by atoms with E-state index in [0.717, 1.165) is 5.56 Å². The molecule has 0 aliphatic carbocycles. The van der Waals surface area contributed by atoms with E-state index in [9.17, 15) is 4.79 Å². The van der Waals surface area contributed by atoms with Crippen LogP contribution in [-0.2, 0) is 32.3 Å². The van der Waals surface area contributed by atoms with E-state index >= 15 is 0 Å². The topological polar surface area (TPSA) is 66.4 Å². The quantitative estimate of drug-likeness (QED) is 0.137. The lowest BCUT2D eigenvalue weighted by molar-refractivity contribution is -0.129. The average molecular weight is 355 g/mol. The summed E-state index contributed by atoms with van der Waals surface area (Å²) in [5.41, 5.74) is 1.73. The highest BCUT2D eigenvalue weighted by atomic mass is 16.6. The lowest BCUT2D eigenvalue weighted by Gasteiger charge is -2.10. The van der Waals surface area contributed by atoms with E-state index < -0.39 is 5.97 Å². The van der Waals surface area contributed by atoms with Crippen LogP contribution in [0.2, 0.25) is 0 Å². The van der Waals surface area contributed by atoms with Gasteiger partial charge in [0.15, 0.2) is 0 Å². The van der Waals surface area contributed by atoms with Gasteiger partial charge in [-0.15, -0.1) is 0 Å². The van der Waals surface area contributed by atoms with Gasteiger partial charge in [0.05, 0.1) is 19.4 Å². The van der Waals surface area contributed by atoms with Crippen molar-refractivity contribution in [2.75, 3.05) is 7.11 Å². The molecule has 2 aromatic carbocycles. The summed E-state index contributed by atoms with van der Waals surface area (Å²) in [5.74, 6) is 0.258. The first-order chi connectivity index (χ1) is 12.7. The maximum Gasteiger partial charge on any atom is 0.339 e. The zero-order chi connectivity index (χ0) is 18.6. The number of para-hydroxylation sites is 1. The predicted molar refractivity (Wildman–Crippen MR) is 97.4 cm³/mol. The standard InChI is InChI=1S/C20H21NO5/c1-16(21-25-14-17-8-4-3-5-9-17)24-15-18-10-6-7-11-19(18)26-20(22)12-13-23-2/h3-13H,14-15H2,1-2H3. The predicted octanol–water partition coefficient (Wildman–Crippen LogP) is 3.82. The van der Waals surface area contributed by atoms with Crippen molar-refractivity contribution >= 4 is 11.9 Å². The van der Waals surface area contributed by atoms with Crippen LogP contribution in [0.5, 0.6) is 5.75 Å². The molecule has 0 saturated heterocycles. The minimum absolute atomic E-state index is 0.196. The summed E-state index contributed by atoms with van der Waals surface area (Å²) in [6.45, 7) is 2.25. The molecule has 0 unspecified atom stereocenters. The highest BCUT2D eigenvalue weighted by Crippen LogP contribution is 2.19. The molecular weight excluding hydrogens is 334 g/mol. The first-order valence-electron chi connectivity index (χ1n) is 8.01. The Morgan fingerprint density at radius 3 is 2.54 bits per heavy atom. The molecule has 0 aliphatic rings. The van der Waals surface area contributed by atoms with Gasteiger partial charge in [-0.2, -0.15) is 0 Å². The summed E-state index contributed by atoms with van der Waals surface area (Å²) < 4.78 is 15.5. The Labute approximate surface area is 152 Å². The van der Waals surface area contributed by atoms with Gasteiger partial charge >= 0.3 is 5.97 Å². The zero-order valence-electron chi connectivity index (χ0n) is 14.8. The molecule has 0 bridgehead atoms. The minimum Gasteiger partial charge on any atom is -0.504 e. The van der Waals surface area contributed by atoms with Crippen molar-refractivity contribution in [3.8, 4) is 5.75 Å². The number of hydrogen-bond acceptors (Lipinski definition) is 6. The molecule has 136 valence electrons. The number of carbonyl (C=O) groups is 1. The van der Waals surface area contributed by atoms with E-state index in [1.807, 2.05) is 36.4 Å². The number of oxime groups is 1. The first-order valence-corrected chi connectivity index (χ1v) is 8.01. The molecular formula is C20H21NO5. The molecule has 0 N–H and O–H groups in total. The van der Waals surface area contributed by atoms with Gasteiger partial charge in [0.25, 0.3) is 0 Å². The van der Waals surface area contributed by atoms with Crippen molar-refractivity contribution in [2.24, 2.45) is 5.16 Å². The molecule has 0 aliphatic heterocycles. The summed E-state index contributed by atoms with van der Waals surface area (Å²) in [6.07, 6.45) is 2.45. The number of benzene rings is 2. The Hall–Kier alpha value is -3.28. The van der Waals surface area contributed by atoms with Gasteiger partial charge < -0.3 is 19.0 Å². The fourth-order valence-corrected chi connectivity index (χ4v) is 1.97. The minimum atomic E-state index is -0.532. The lowest BCUT2D eigenvalue weighted by atomic mass is 10.2. The molecule has 0 spiro atoms. The Morgan fingerprint density at radius 2 is 1.77 bits per heavy atom. The van der Waals surface area contributed by atoms with Crippen LogP contribution in [0.15, 0.2) is 72.1 Å². The van der Waals surface area contributed by atoms with Gasteiger partial charge in [0.1, 0.15) is 19.0 Å². The number of hydrogen-bond donors (Lipinski definition) is 0. The Bertz CT molecular complexity index is 756. The highest BCUT2D eigenvalue weighted by molar-refractivity contribution is 5.84. The number of nitrogens with zero attached hydrogens (tertiary/aromatic N) is 1. The van der Waals surface area contributed by atoms with Crippen LogP contribution < -0.4 is 4.74 Å². The van der Waals surface area contributed by atoms with E-state index in [4.69, 9.17) is 19.0 Å². The molecule has 6 heteroatoms.